The number of hydrogen-bond donors (Lipinski definition) is 1. The number of rotatable bonds is 3. The second-order valence-electron chi connectivity index (χ2n) is 3.20. The summed E-state index contributed by atoms with van der Waals surface area (Å²) in [5.74, 6) is 0.377. The number of hydrogen-bond acceptors (Lipinski definition) is 7. The van der Waals surface area contributed by atoms with Gasteiger partial charge in [-0.3, -0.25) is 4.57 Å². The van der Waals surface area contributed by atoms with Gasteiger partial charge in [0.25, 0.3) is 0 Å². The Morgan fingerprint density at radius 3 is 2.94 bits per heavy atom. The molecule has 0 aliphatic rings. The van der Waals surface area contributed by atoms with Crippen LogP contribution in [0.4, 0.5) is 5.82 Å². The Labute approximate surface area is 101 Å². The number of esters is 1. The highest BCUT2D eigenvalue weighted by molar-refractivity contribution is 7.08. The zero-order chi connectivity index (χ0) is 12.4. The Morgan fingerprint density at radius 2 is 2.41 bits per heavy atom. The lowest BCUT2D eigenvalue weighted by Gasteiger charge is -2.03. The van der Waals surface area contributed by atoms with Crippen LogP contribution in [0.25, 0.3) is 5.00 Å². The molecular weight excluding hydrogens is 242 g/mol. The topological polar surface area (TPSA) is 95.9 Å². The predicted octanol–water partition coefficient (Wildman–Crippen LogP) is 0.655. The molecule has 2 aromatic heterocycles. The third-order valence-corrected chi connectivity index (χ3v) is 2.90. The summed E-state index contributed by atoms with van der Waals surface area (Å²) in [4.78, 5) is 15.6. The highest BCUT2D eigenvalue weighted by Crippen LogP contribution is 2.23. The standard InChI is InChI=1S/C9H11N5O2S/c1-3-5-12-7(9(15)16-2)8(10)14(5)6-4-11-13-17-6/h4H,3,10H2,1-2H3. The summed E-state index contributed by atoms with van der Waals surface area (Å²) < 4.78 is 10.0. The number of methoxy groups -OCH3 is 1. The Hall–Kier alpha value is -1.96. The SMILES string of the molecule is CCc1nc(C(=O)OC)c(N)n1-c1cnns1. The van der Waals surface area contributed by atoms with E-state index in [0.29, 0.717) is 12.2 Å². The first kappa shape index (κ1) is 11.5. The summed E-state index contributed by atoms with van der Waals surface area (Å²) in [6.45, 7) is 1.92. The van der Waals surface area contributed by atoms with Crippen molar-refractivity contribution in [2.45, 2.75) is 13.3 Å². The number of ether oxygens (including phenoxy) is 1. The zero-order valence-electron chi connectivity index (χ0n) is 9.38. The maximum Gasteiger partial charge on any atom is 0.360 e. The van der Waals surface area contributed by atoms with Crippen molar-refractivity contribution in [2.75, 3.05) is 12.8 Å². The van der Waals surface area contributed by atoms with Crippen molar-refractivity contribution >= 4 is 23.3 Å². The molecule has 2 N–H and O–H groups in total. The third kappa shape index (κ3) is 1.86. The fourth-order valence-corrected chi connectivity index (χ4v) is 2.03. The second-order valence-corrected chi connectivity index (χ2v) is 3.96. The van der Waals surface area contributed by atoms with Gasteiger partial charge in [0.15, 0.2) is 5.69 Å². The zero-order valence-corrected chi connectivity index (χ0v) is 10.2. The summed E-state index contributed by atoms with van der Waals surface area (Å²) in [6, 6.07) is 0. The number of aromatic nitrogens is 4. The van der Waals surface area contributed by atoms with Crippen LogP contribution >= 0.6 is 11.5 Å². The molecular formula is C9H11N5O2S. The van der Waals surface area contributed by atoms with E-state index >= 15 is 0 Å². The van der Waals surface area contributed by atoms with Crippen LogP contribution in [0.3, 0.4) is 0 Å². The Balaban J connectivity index is 2.59. The van der Waals surface area contributed by atoms with Gasteiger partial charge in [-0.2, -0.15) is 0 Å². The molecule has 0 saturated heterocycles. The van der Waals surface area contributed by atoms with Gasteiger partial charge in [0.05, 0.1) is 13.3 Å². The van der Waals surface area contributed by atoms with E-state index < -0.39 is 5.97 Å². The summed E-state index contributed by atoms with van der Waals surface area (Å²) in [6.07, 6.45) is 2.21. The molecule has 17 heavy (non-hydrogen) atoms. The van der Waals surface area contributed by atoms with E-state index in [1.165, 1.54) is 18.6 Å². The number of nitrogens with two attached hydrogens (primary N) is 1. The van der Waals surface area contributed by atoms with E-state index in [-0.39, 0.29) is 11.5 Å². The summed E-state index contributed by atoms with van der Waals surface area (Å²) in [7, 11) is 1.29. The Bertz CT molecular complexity index is 534. The number of carbonyl (C=O) groups excluding carboxylic acids is 1. The minimum absolute atomic E-state index is 0.123. The average molecular weight is 253 g/mol. The molecule has 0 aromatic carbocycles. The van der Waals surface area contributed by atoms with Crippen LogP contribution in [-0.4, -0.2) is 32.2 Å². The van der Waals surface area contributed by atoms with Crippen molar-refractivity contribution in [3.05, 3.63) is 17.7 Å². The van der Waals surface area contributed by atoms with Gasteiger partial charge in [0, 0.05) is 18.0 Å². The highest BCUT2D eigenvalue weighted by Gasteiger charge is 2.21. The normalized spacial score (nSPS) is 10.5. The molecule has 0 bridgehead atoms. The van der Waals surface area contributed by atoms with Gasteiger partial charge < -0.3 is 10.5 Å². The molecule has 7 nitrogen and oxygen atoms in total. The lowest BCUT2D eigenvalue weighted by molar-refractivity contribution is 0.0596. The maximum absolute atomic E-state index is 11.5. The monoisotopic (exact) mass is 253 g/mol. The summed E-state index contributed by atoms with van der Waals surface area (Å²) >= 11 is 1.18. The van der Waals surface area contributed by atoms with Crippen molar-refractivity contribution < 1.29 is 9.53 Å². The lowest BCUT2D eigenvalue weighted by Crippen LogP contribution is -2.07. The van der Waals surface area contributed by atoms with Crippen molar-refractivity contribution in [3.63, 3.8) is 0 Å². The Morgan fingerprint density at radius 1 is 1.65 bits per heavy atom. The van der Waals surface area contributed by atoms with Gasteiger partial charge in [-0.1, -0.05) is 11.4 Å². The molecule has 2 aromatic rings. The van der Waals surface area contributed by atoms with Crippen molar-refractivity contribution in [1.82, 2.24) is 19.1 Å². The molecule has 2 heterocycles. The maximum atomic E-state index is 11.5. The molecule has 0 spiro atoms. The summed E-state index contributed by atoms with van der Waals surface area (Å²) in [5.41, 5.74) is 6.02. The second kappa shape index (κ2) is 4.50. The number of nitrogens with zero attached hydrogens (tertiary/aromatic N) is 4. The number of nitrogen functional groups attached to an aromatic ring is 1. The van der Waals surface area contributed by atoms with Gasteiger partial charge >= 0.3 is 5.97 Å². The molecule has 2 rings (SSSR count). The van der Waals surface area contributed by atoms with Crippen LogP contribution in [0.2, 0.25) is 0 Å². The van der Waals surface area contributed by atoms with Crippen molar-refractivity contribution in [1.29, 1.82) is 0 Å². The van der Waals surface area contributed by atoms with Crippen LogP contribution < -0.4 is 5.73 Å². The van der Waals surface area contributed by atoms with Gasteiger partial charge in [-0.05, 0) is 0 Å². The fraction of sp³-hybridized carbons (Fsp3) is 0.333. The molecule has 0 aliphatic heterocycles. The average Bonchev–Trinajstić information content (AvgIpc) is 2.95. The van der Waals surface area contributed by atoms with Crippen LogP contribution in [0.5, 0.6) is 0 Å². The van der Waals surface area contributed by atoms with E-state index in [1.807, 2.05) is 6.92 Å². The van der Waals surface area contributed by atoms with Crippen LogP contribution in [-0.2, 0) is 11.2 Å². The smallest absolute Gasteiger partial charge is 0.360 e. The molecule has 8 heteroatoms. The predicted molar refractivity (Wildman–Crippen MR) is 62.2 cm³/mol. The first-order valence-corrected chi connectivity index (χ1v) is 5.69. The first-order valence-electron chi connectivity index (χ1n) is 4.92. The summed E-state index contributed by atoms with van der Waals surface area (Å²) in [5, 5.41) is 4.46. The fourth-order valence-electron chi connectivity index (χ4n) is 1.47. The largest absolute Gasteiger partial charge is 0.464 e. The van der Waals surface area contributed by atoms with E-state index in [9.17, 15) is 4.79 Å². The molecule has 0 atom stereocenters. The molecule has 0 fully saturated rings. The van der Waals surface area contributed by atoms with Gasteiger partial charge in [-0.15, -0.1) is 5.10 Å². The Kier molecular flexibility index (Phi) is 3.05. The van der Waals surface area contributed by atoms with Gasteiger partial charge in [0.1, 0.15) is 16.6 Å². The van der Waals surface area contributed by atoms with Gasteiger partial charge in [0.2, 0.25) is 0 Å². The minimum atomic E-state index is -0.548. The third-order valence-electron chi connectivity index (χ3n) is 2.25. The van der Waals surface area contributed by atoms with E-state index in [4.69, 9.17) is 5.73 Å². The number of anilines is 1. The van der Waals surface area contributed by atoms with Crippen molar-refractivity contribution in [3.8, 4) is 5.00 Å². The minimum Gasteiger partial charge on any atom is -0.464 e. The number of carbonyl (C=O) groups is 1. The lowest BCUT2D eigenvalue weighted by atomic mass is 10.4. The highest BCUT2D eigenvalue weighted by atomic mass is 32.1. The quantitative estimate of drug-likeness (QED) is 0.807. The van der Waals surface area contributed by atoms with Crippen LogP contribution in [0.1, 0.15) is 23.2 Å². The molecule has 0 unspecified atom stereocenters. The van der Waals surface area contributed by atoms with E-state index in [1.54, 1.807) is 10.8 Å². The first-order chi connectivity index (χ1) is 8.19. The number of imidazole rings is 1. The van der Waals surface area contributed by atoms with E-state index in [0.717, 1.165) is 5.00 Å². The molecule has 0 aliphatic carbocycles. The van der Waals surface area contributed by atoms with Gasteiger partial charge in [-0.25, -0.2) is 9.78 Å². The van der Waals surface area contributed by atoms with Crippen LogP contribution in [0, 0.1) is 0 Å². The molecule has 0 amide bonds. The molecule has 90 valence electrons. The number of aryl methyl sites for hydroxylation is 1. The van der Waals surface area contributed by atoms with Crippen molar-refractivity contribution in [2.24, 2.45) is 0 Å². The van der Waals surface area contributed by atoms with Crippen LogP contribution in [0.15, 0.2) is 6.20 Å². The molecule has 0 saturated carbocycles. The molecule has 0 radical (unpaired) electrons. The van der Waals surface area contributed by atoms with E-state index in [2.05, 4.69) is 19.3 Å².